The first-order valence-electron chi connectivity index (χ1n) is 1.80. The van der Waals surface area contributed by atoms with Crippen LogP contribution in [0, 0.1) is 7.05 Å². The minimum atomic E-state index is 0. The topological polar surface area (TPSA) is 12.0 Å². The Morgan fingerprint density at radius 3 is 1.67 bits per heavy atom. The minimum absolute atomic E-state index is 0. The monoisotopic (exact) mass is 161 g/mol. The quantitative estimate of drug-likeness (QED) is 0.560. The molecule has 0 bridgehead atoms. The van der Waals surface area contributed by atoms with E-state index in [-0.39, 0.29) is 32.7 Å². The molecule has 0 heterocycles. The molecule has 0 unspecified atom stereocenters. The molecule has 0 aromatic heterocycles. The Morgan fingerprint density at radius 2 is 1.67 bits per heavy atom. The van der Waals surface area contributed by atoms with Gasteiger partial charge in [-0.25, -0.2) is 0 Å². The Balaban J connectivity index is 0. The largest absolute Gasteiger partial charge is 0.471 e. The molecule has 0 saturated heterocycles. The van der Waals surface area contributed by atoms with Crippen LogP contribution in [-0.4, -0.2) is 6.04 Å². The van der Waals surface area contributed by atoms with E-state index in [1.54, 1.807) is 0 Å². The molecule has 0 aliphatic heterocycles. The normalized spacial score (nSPS) is 8.00. The molecule has 0 rings (SSSR count). The first-order valence-corrected chi connectivity index (χ1v) is 1.80. The van der Waals surface area contributed by atoms with E-state index in [1.165, 1.54) is 0 Å². The third-order valence-corrected chi connectivity index (χ3v) is 0.408. The molecule has 0 spiro atoms. The molecule has 2 heteroatoms. The van der Waals surface area contributed by atoms with E-state index in [2.05, 4.69) is 12.4 Å². The predicted molar refractivity (Wildman–Crippen MR) is 23.6 cm³/mol. The molecular formula is C4H10NY-. The molecule has 0 aromatic carbocycles. The zero-order valence-corrected chi connectivity index (χ0v) is 7.20. The second kappa shape index (κ2) is 6.06. The maximum atomic E-state index is 3.44. The van der Waals surface area contributed by atoms with E-state index in [0.29, 0.717) is 6.04 Å². The van der Waals surface area contributed by atoms with Crippen molar-refractivity contribution in [2.75, 3.05) is 0 Å². The molecule has 0 saturated carbocycles. The Hall–Kier alpha value is 1.06. The third kappa shape index (κ3) is 8.91. The average molecular weight is 161 g/mol. The SMILES string of the molecule is [CH2-]NC(C)C.[Y]. The van der Waals surface area contributed by atoms with Gasteiger partial charge in [-0.1, -0.05) is 13.8 Å². The molecule has 0 aliphatic rings. The number of hydrogen-bond acceptors (Lipinski definition) is 1. The Labute approximate surface area is 64.8 Å². The Morgan fingerprint density at radius 1 is 1.50 bits per heavy atom. The summed E-state index contributed by atoms with van der Waals surface area (Å²) in [6.07, 6.45) is 0. The number of nitrogens with one attached hydrogen (secondary N) is 1. The molecule has 0 aliphatic carbocycles. The summed E-state index contributed by atoms with van der Waals surface area (Å²) >= 11 is 0. The van der Waals surface area contributed by atoms with Crippen molar-refractivity contribution in [2.45, 2.75) is 19.9 Å². The Bertz CT molecular complexity index is 21.5. The van der Waals surface area contributed by atoms with E-state index in [9.17, 15) is 0 Å². The van der Waals surface area contributed by atoms with Crippen molar-refractivity contribution in [1.82, 2.24) is 5.32 Å². The molecule has 0 fully saturated rings. The van der Waals surface area contributed by atoms with Gasteiger partial charge in [-0.3, -0.25) is 7.05 Å². The van der Waals surface area contributed by atoms with Crippen LogP contribution in [0.15, 0.2) is 0 Å². The van der Waals surface area contributed by atoms with E-state index in [0.717, 1.165) is 0 Å². The number of rotatable bonds is 1. The third-order valence-electron chi connectivity index (χ3n) is 0.408. The van der Waals surface area contributed by atoms with E-state index in [4.69, 9.17) is 0 Å². The van der Waals surface area contributed by atoms with Crippen LogP contribution in [0.2, 0.25) is 0 Å². The molecule has 1 radical (unpaired) electrons. The van der Waals surface area contributed by atoms with Crippen molar-refractivity contribution in [1.29, 1.82) is 0 Å². The van der Waals surface area contributed by atoms with E-state index in [1.807, 2.05) is 13.8 Å². The van der Waals surface area contributed by atoms with Gasteiger partial charge in [-0.15, -0.1) is 0 Å². The predicted octanol–water partition coefficient (Wildman–Crippen LogP) is 0.773. The summed E-state index contributed by atoms with van der Waals surface area (Å²) in [4.78, 5) is 0. The second-order valence-corrected chi connectivity index (χ2v) is 1.36. The van der Waals surface area contributed by atoms with Crippen molar-refractivity contribution in [2.24, 2.45) is 0 Å². The van der Waals surface area contributed by atoms with Gasteiger partial charge in [0.2, 0.25) is 0 Å². The van der Waals surface area contributed by atoms with Crippen LogP contribution >= 0.6 is 0 Å². The van der Waals surface area contributed by atoms with Gasteiger partial charge in [0.25, 0.3) is 0 Å². The van der Waals surface area contributed by atoms with Crippen LogP contribution in [0.3, 0.4) is 0 Å². The van der Waals surface area contributed by atoms with E-state index < -0.39 is 0 Å². The molecule has 1 nitrogen and oxygen atoms in total. The first kappa shape index (κ1) is 10.1. The van der Waals surface area contributed by atoms with Crippen LogP contribution in [0.4, 0.5) is 0 Å². The molecule has 0 aromatic rings. The Kier molecular flexibility index (Phi) is 10.2. The summed E-state index contributed by atoms with van der Waals surface area (Å²) in [5.41, 5.74) is 0. The summed E-state index contributed by atoms with van der Waals surface area (Å²) in [5.74, 6) is 0. The zero-order chi connectivity index (χ0) is 4.28. The van der Waals surface area contributed by atoms with Crippen molar-refractivity contribution >= 4 is 0 Å². The van der Waals surface area contributed by atoms with Crippen molar-refractivity contribution in [3.8, 4) is 0 Å². The summed E-state index contributed by atoms with van der Waals surface area (Å²) in [7, 11) is 3.44. The van der Waals surface area contributed by atoms with Crippen LogP contribution in [0.25, 0.3) is 0 Å². The fourth-order valence-electron chi connectivity index (χ4n) is 0. The fraction of sp³-hybridized carbons (Fsp3) is 0.750. The van der Waals surface area contributed by atoms with Crippen LogP contribution in [-0.2, 0) is 32.7 Å². The average Bonchev–Trinajstić information content (AvgIpc) is 1.38. The minimum Gasteiger partial charge on any atom is -0.471 e. The fourth-order valence-corrected chi connectivity index (χ4v) is 0. The smallest absolute Gasteiger partial charge is 0 e. The van der Waals surface area contributed by atoms with Gasteiger partial charge in [-0.2, -0.15) is 0 Å². The van der Waals surface area contributed by atoms with Crippen LogP contribution in [0.5, 0.6) is 0 Å². The second-order valence-electron chi connectivity index (χ2n) is 1.36. The summed E-state index contributed by atoms with van der Waals surface area (Å²) in [6, 6.07) is 0.523. The van der Waals surface area contributed by atoms with Gasteiger partial charge in [-0.05, 0) is 6.04 Å². The first-order chi connectivity index (χ1) is 2.27. The standard InChI is InChI=1S/C4H10N.Y/c1-4(2)5-3;/h4-5H,3H2,1-2H3;/q-1;. The maximum absolute atomic E-state index is 3.44. The molecule has 35 valence electrons. The van der Waals surface area contributed by atoms with Gasteiger partial charge >= 0.3 is 0 Å². The summed E-state index contributed by atoms with van der Waals surface area (Å²) in [5, 5.41) is 2.78. The molecule has 0 atom stereocenters. The molecular weight excluding hydrogens is 151 g/mol. The summed E-state index contributed by atoms with van der Waals surface area (Å²) in [6.45, 7) is 4.10. The van der Waals surface area contributed by atoms with Crippen molar-refractivity contribution < 1.29 is 32.7 Å². The number of hydrogen-bond donors (Lipinski definition) is 1. The molecule has 0 amide bonds. The molecule has 6 heavy (non-hydrogen) atoms. The van der Waals surface area contributed by atoms with Gasteiger partial charge < -0.3 is 5.32 Å². The van der Waals surface area contributed by atoms with Gasteiger partial charge in [0.05, 0.1) is 0 Å². The zero-order valence-electron chi connectivity index (χ0n) is 4.36. The molecule has 1 N–H and O–H groups in total. The van der Waals surface area contributed by atoms with Crippen molar-refractivity contribution in [3.05, 3.63) is 7.05 Å². The maximum Gasteiger partial charge on any atom is 0 e. The van der Waals surface area contributed by atoms with Gasteiger partial charge in [0, 0.05) is 32.7 Å². The van der Waals surface area contributed by atoms with Crippen LogP contribution < -0.4 is 5.32 Å². The summed E-state index contributed by atoms with van der Waals surface area (Å²) < 4.78 is 0. The van der Waals surface area contributed by atoms with Gasteiger partial charge in [0.1, 0.15) is 0 Å². The van der Waals surface area contributed by atoms with E-state index >= 15 is 0 Å². The van der Waals surface area contributed by atoms with Crippen LogP contribution in [0.1, 0.15) is 13.8 Å². The van der Waals surface area contributed by atoms with Crippen molar-refractivity contribution in [3.63, 3.8) is 0 Å². The van der Waals surface area contributed by atoms with Gasteiger partial charge in [0.15, 0.2) is 0 Å².